The molecule has 0 fully saturated rings. The highest BCUT2D eigenvalue weighted by molar-refractivity contribution is 5.86. The van der Waals surface area contributed by atoms with Gasteiger partial charge in [0.2, 0.25) is 11.8 Å². The van der Waals surface area contributed by atoms with Crippen molar-refractivity contribution in [2.75, 3.05) is 7.05 Å². The van der Waals surface area contributed by atoms with Gasteiger partial charge < -0.3 is 15.6 Å². The first-order valence-corrected chi connectivity index (χ1v) is 12.1. The second kappa shape index (κ2) is 12.0. The summed E-state index contributed by atoms with van der Waals surface area (Å²) in [5, 5.41) is 14.9. The van der Waals surface area contributed by atoms with E-state index < -0.39 is 0 Å². The van der Waals surface area contributed by atoms with Crippen molar-refractivity contribution in [3.05, 3.63) is 72.4 Å². The first-order chi connectivity index (χ1) is 17.1. The normalized spacial score (nSPS) is 11.9. The van der Waals surface area contributed by atoms with E-state index >= 15 is 0 Å². The molecule has 2 amide bonds. The third-order valence-corrected chi connectivity index (χ3v) is 6.19. The molecule has 0 aliphatic carbocycles. The van der Waals surface area contributed by atoms with Gasteiger partial charge in [-0.1, -0.05) is 49.2 Å². The molecular formula is C27H32N6O2. The lowest BCUT2D eigenvalue weighted by Gasteiger charge is -2.17. The van der Waals surface area contributed by atoms with E-state index in [1.54, 1.807) is 19.4 Å². The lowest BCUT2D eigenvalue weighted by Crippen LogP contribution is -2.29. The fourth-order valence-electron chi connectivity index (χ4n) is 4.17. The lowest BCUT2D eigenvalue weighted by atomic mass is 10.1. The van der Waals surface area contributed by atoms with E-state index in [1.165, 1.54) is 10.8 Å². The third kappa shape index (κ3) is 6.79. The second-order valence-electron chi connectivity index (χ2n) is 8.74. The monoisotopic (exact) mass is 472 g/mol. The van der Waals surface area contributed by atoms with Crippen molar-refractivity contribution >= 4 is 22.6 Å². The van der Waals surface area contributed by atoms with Crippen LogP contribution in [0.1, 0.15) is 56.0 Å². The van der Waals surface area contributed by atoms with Crippen LogP contribution in [0, 0.1) is 0 Å². The molecule has 0 radical (unpaired) electrons. The minimum Gasteiger partial charge on any atom is -0.359 e. The molecule has 1 atom stereocenters. The molecule has 4 rings (SSSR count). The number of aryl methyl sites for hydroxylation is 1. The number of unbranched alkanes of at least 4 members (excludes halogenated alkanes) is 2. The summed E-state index contributed by atoms with van der Waals surface area (Å²) in [6.45, 7) is 0. The Hall–Kier alpha value is -3.94. The molecule has 4 aromatic rings. The van der Waals surface area contributed by atoms with Crippen LogP contribution in [-0.4, -0.2) is 39.0 Å². The van der Waals surface area contributed by atoms with Crippen molar-refractivity contribution in [1.29, 1.82) is 0 Å². The molecule has 2 aromatic heterocycles. The standard InChI is InChI=1S/C27H32N6O2/c1-28-25(34)10-4-2-3-9-23(32-26(35)14-11-19-16-30-31-17-19)27-29-18-24(33-27)22-13-12-20-7-5-6-8-21(20)15-22/h5-8,12-13,15-18,23H,2-4,9-11,14H2,1H3,(H,28,34)(H,29,33)(H,30,31)(H,32,35)/t23-/m0/s1. The number of carbonyl (C=O) groups excluding carboxylic acids is 2. The molecule has 182 valence electrons. The first-order valence-electron chi connectivity index (χ1n) is 12.1. The van der Waals surface area contributed by atoms with Crippen molar-refractivity contribution in [2.45, 2.75) is 51.0 Å². The molecule has 0 aliphatic rings. The molecule has 0 bridgehead atoms. The van der Waals surface area contributed by atoms with E-state index in [0.29, 0.717) is 19.3 Å². The Bertz CT molecular complexity index is 1250. The van der Waals surface area contributed by atoms with Crippen molar-refractivity contribution in [3.8, 4) is 11.3 Å². The maximum atomic E-state index is 12.7. The van der Waals surface area contributed by atoms with Crippen LogP contribution in [0.2, 0.25) is 0 Å². The Morgan fingerprint density at radius 1 is 0.971 bits per heavy atom. The molecule has 4 N–H and O–H groups in total. The van der Waals surface area contributed by atoms with Crippen LogP contribution in [0.5, 0.6) is 0 Å². The van der Waals surface area contributed by atoms with Crippen LogP contribution in [0.3, 0.4) is 0 Å². The lowest BCUT2D eigenvalue weighted by molar-refractivity contribution is -0.122. The zero-order valence-corrected chi connectivity index (χ0v) is 20.0. The predicted octanol–water partition coefficient (Wildman–Crippen LogP) is 4.44. The fraction of sp³-hybridized carbons (Fsp3) is 0.333. The molecule has 0 spiro atoms. The van der Waals surface area contributed by atoms with E-state index in [4.69, 9.17) is 0 Å². The number of hydrogen-bond donors (Lipinski definition) is 4. The Labute approximate surface area is 204 Å². The van der Waals surface area contributed by atoms with E-state index in [2.05, 4.69) is 61.1 Å². The van der Waals surface area contributed by atoms with Crippen molar-refractivity contribution in [3.63, 3.8) is 0 Å². The molecule has 8 nitrogen and oxygen atoms in total. The Balaban J connectivity index is 1.43. The van der Waals surface area contributed by atoms with Gasteiger partial charge in [0.05, 0.1) is 24.1 Å². The fourth-order valence-corrected chi connectivity index (χ4v) is 4.17. The molecule has 0 saturated carbocycles. The summed E-state index contributed by atoms with van der Waals surface area (Å²) in [5.74, 6) is 0.779. The summed E-state index contributed by atoms with van der Waals surface area (Å²) in [4.78, 5) is 32.3. The molecule has 2 heterocycles. The SMILES string of the molecule is CNC(=O)CCCCC[C@H](NC(=O)CCc1cn[nH]c1)c1ncc(-c2ccc3ccccc3c2)[nH]1. The highest BCUT2D eigenvalue weighted by Crippen LogP contribution is 2.26. The van der Waals surface area contributed by atoms with E-state index in [1.807, 2.05) is 18.3 Å². The van der Waals surface area contributed by atoms with Crippen LogP contribution in [0.4, 0.5) is 0 Å². The maximum absolute atomic E-state index is 12.7. The number of benzene rings is 2. The van der Waals surface area contributed by atoms with Gasteiger partial charge >= 0.3 is 0 Å². The van der Waals surface area contributed by atoms with Crippen molar-refractivity contribution < 1.29 is 9.59 Å². The van der Waals surface area contributed by atoms with Crippen LogP contribution in [-0.2, 0) is 16.0 Å². The minimum atomic E-state index is -0.221. The number of carbonyl (C=O) groups is 2. The van der Waals surface area contributed by atoms with Gasteiger partial charge in [0, 0.05) is 31.6 Å². The molecule has 2 aromatic carbocycles. The van der Waals surface area contributed by atoms with Gasteiger partial charge in [0.25, 0.3) is 0 Å². The number of H-pyrrole nitrogens is 2. The summed E-state index contributed by atoms with van der Waals surface area (Å²) in [7, 11) is 1.65. The smallest absolute Gasteiger partial charge is 0.220 e. The summed E-state index contributed by atoms with van der Waals surface area (Å²) in [6.07, 6.45) is 10.3. The minimum absolute atomic E-state index is 0.0229. The molecule has 0 unspecified atom stereocenters. The van der Waals surface area contributed by atoms with Crippen LogP contribution in [0.25, 0.3) is 22.0 Å². The zero-order valence-electron chi connectivity index (χ0n) is 20.0. The number of hydrogen-bond acceptors (Lipinski definition) is 4. The maximum Gasteiger partial charge on any atom is 0.220 e. The average Bonchev–Trinajstić information content (AvgIpc) is 3.59. The highest BCUT2D eigenvalue weighted by Gasteiger charge is 2.18. The van der Waals surface area contributed by atoms with E-state index in [0.717, 1.165) is 48.3 Å². The summed E-state index contributed by atoms with van der Waals surface area (Å²) >= 11 is 0. The van der Waals surface area contributed by atoms with Gasteiger partial charge in [-0.3, -0.25) is 14.7 Å². The zero-order chi connectivity index (χ0) is 24.5. The third-order valence-electron chi connectivity index (χ3n) is 6.19. The Kier molecular flexibility index (Phi) is 8.27. The largest absolute Gasteiger partial charge is 0.359 e. The number of aromatic amines is 2. The number of amides is 2. The summed E-state index contributed by atoms with van der Waals surface area (Å²) in [5.41, 5.74) is 2.98. The Morgan fingerprint density at radius 3 is 2.63 bits per heavy atom. The van der Waals surface area contributed by atoms with Gasteiger partial charge in [-0.15, -0.1) is 0 Å². The van der Waals surface area contributed by atoms with Gasteiger partial charge in [0.1, 0.15) is 5.82 Å². The highest BCUT2D eigenvalue weighted by atomic mass is 16.2. The predicted molar refractivity (Wildman–Crippen MR) is 136 cm³/mol. The molecular weight excluding hydrogens is 440 g/mol. The number of nitrogens with one attached hydrogen (secondary N) is 4. The van der Waals surface area contributed by atoms with E-state index in [-0.39, 0.29) is 17.9 Å². The van der Waals surface area contributed by atoms with Crippen LogP contribution < -0.4 is 10.6 Å². The second-order valence-corrected chi connectivity index (χ2v) is 8.74. The van der Waals surface area contributed by atoms with Crippen molar-refractivity contribution in [1.82, 2.24) is 30.8 Å². The van der Waals surface area contributed by atoms with Gasteiger partial charge in [0.15, 0.2) is 0 Å². The molecule has 0 saturated heterocycles. The molecule has 0 aliphatic heterocycles. The van der Waals surface area contributed by atoms with Gasteiger partial charge in [-0.25, -0.2) is 4.98 Å². The topological polar surface area (TPSA) is 116 Å². The van der Waals surface area contributed by atoms with E-state index in [9.17, 15) is 9.59 Å². The number of nitrogens with zero attached hydrogens (tertiary/aromatic N) is 2. The number of aromatic nitrogens is 4. The quantitative estimate of drug-likeness (QED) is 0.228. The van der Waals surface area contributed by atoms with Gasteiger partial charge in [-0.05, 0) is 41.7 Å². The summed E-state index contributed by atoms with van der Waals surface area (Å²) < 4.78 is 0. The molecule has 35 heavy (non-hydrogen) atoms. The molecule has 8 heteroatoms. The number of rotatable bonds is 12. The Morgan fingerprint density at radius 2 is 1.83 bits per heavy atom. The number of fused-ring (bicyclic) bond motifs is 1. The van der Waals surface area contributed by atoms with Crippen molar-refractivity contribution in [2.24, 2.45) is 0 Å². The number of imidazole rings is 1. The van der Waals surface area contributed by atoms with Crippen LogP contribution >= 0.6 is 0 Å². The van der Waals surface area contributed by atoms with Crippen LogP contribution in [0.15, 0.2) is 61.1 Å². The summed E-state index contributed by atoms with van der Waals surface area (Å²) in [6, 6.07) is 14.4. The first kappa shape index (κ1) is 24.2. The average molecular weight is 473 g/mol. The van der Waals surface area contributed by atoms with Gasteiger partial charge in [-0.2, -0.15) is 5.10 Å².